The van der Waals surface area contributed by atoms with E-state index in [1.54, 1.807) is 18.6 Å². The largest absolute Gasteiger partial charge is 0.363 e. The molecule has 2 rings (SSSR count). The van der Waals surface area contributed by atoms with E-state index >= 15 is 0 Å². The van der Waals surface area contributed by atoms with Crippen LogP contribution in [0.5, 0.6) is 0 Å². The first-order valence-electron chi connectivity index (χ1n) is 6.95. The third-order valence-corrected chi connectivity index (χ3v) is 3.46. The Morgan fingerprint density at radius 3 is 2.81 bits per heavy atom. The lowest BCUT2D eigenvalue weighted by atomic mass is 10.00. The average molecular weight is 287 g/mol. The van der Waals surface area contributed by atoms with Crippen molar-refractivity contribution in [2.75, 3.05) is 6.54 Å². The molecule has 3 N–H and O–H groups in total. The minimum atomic E-state index is -0.505. The molecule has 1 amide bonds. The molecule has 0 bridgehead atoms. The number of imidazole rings is 1. The molecule has 0 fully saturated rings. The molecule has 0 aliphatic rings. The number of primary amides is 1. The number of amides is 1. The smallest absolute Gasteiger partial charge is 0.284 e. The van der Waals surface area contributed by atoms with Crippen LogP contribution in [0, 0.1) is 0 Å². The maximum absolute atomic E-state index is 11.4. The number of carbonyl (C=O) groups is 1. The summed E-state index contributed by atoms with van der Waals surface area (Å²) in [7, 11) is 0. The molecule has 0 atom stereocenters. The first-order chi connectivity index (χ1) is 10.0. The lowest BCUT2D eigenvalue weighted by Crippen LogP contribution is -2.34. The van der Waals surface area contributed by atoms with Crippen molar-refractivity contribution < 1.29 is 4.79 Å². The normalized spacial score (nSPS) is 11.5. The van der Waals surface area contributed by atoms with Crippen molar-refractivity contribution in [2.24, 2.45) is 5.73 Å². The molecule has 112 valence electrons. The summed E-state index contributed by atoms with van der Waals surface area (Å²) in [6, 6.07) is 5.86. The zero-order valence-electron chi connectivity index (χ0n) is 12.4. The molecule has 0 saturated heterocycles. The van der Waals surface area contributed by atoms with E-state index in [1.807, 2.05) is 22.8 Å². The van der Waals surface area contributed by atoms with E-state index in [4.69, 9.17) is 5.73 Å². The van der Waals surface area contributed by atoms with Crippen molar-refractivity contribution in [1.82, 2.24) is 19.9 Å². The fourth-order valence-corrected chi connectivity index (χ4v) is 2.21. The van der Waals surface area contributed by atoms with Crippen molar-refractivity contribution in [3.8, 4) is 0 Å². The molecular formula is C15H21N5O. The van der Waals surface area contributed by atoms with Gasteiger partial charge in [-0.15, -0.1) is 0 Å². The summed E-state index contributed by atoms with van der Waals surface area (Å²) in [6.45, 7) is 5.65. The molecule has 0 aliphatic heterocycles. The van der Waals surface area contributed by atoms with E-state index in [1.165, 1.54) is 0 Å². The lowest BCUT2D eigenvalue weighted by Gasteiger charge is -2.28. The highest BCUT2D eigenvalue weighted by molar-refractivity contribution is 5.89. The van der Waals surface area contributed by atoms with Crippen LogP contribution in [-0.2, 0) is 12.1 Å². The molecule has 2 aromatic heterocycles. The van der Waals surface area contributed by atoms with Crippen LogP contribution in [0.15, 0.2) is 36.8 Å². The predicted molar refractivity (Wildman–Crippen MR) is 80.6 cm³/mol. The van der Waals surface area contributed by atoms with Gasteiger partial charge in [0.25, 0.3) is 5.91 Å². The van der Waals surface area contributed by atoms with Crippen LogP contribution in [0.3, 0.4) is 0 Å². The van der Waals surface area contributed by atoms with Crippen molar-refractivity contribution in [3.05, 3.63) is 48.3 Å². The Hall–Kier alpha value is -2.21. The predicted octanol–water partition coefficient (Wildman–Crippen LogP) is 1.29. The monoisotopic (exact) mass is 287 g/mol. The highest BCUT2D eigenvalue weighted by Gasteiger charge is 2.24. The number of nitrogens with two attached hydrogens (primary N) is 1. The van der Waals surface area contributed by atoms with Crippen molar-refractivity contribution in [1.29, 1.82) is 0 Å². The summed E-state index contributed by atoms with van der Waals surface area (Å²) in [5, 5.41) is 3.36. The van der Waals surface area contributed by atoms with Gasteiger partial charge in [0.05, 0.1) is 5.69 Å². The van der Waals surface area contributed by atoms with Gasteiger partial charge in [-0.2, -0.15) is 0 Å². The Kier molecular flexibility index (Phi) is 4.70. The number of aromatic nitrogens is 3. The van der Waals surface area contributed by atoms with E-state index in [9.17, 15) is 4.79 Å². The van der Waals surface area contributed by atoms with Gasteiger partial charge in [-0.25, -0.2) is 4.98 Å². The van der Waals surface area contributed by atoms with Gasteiger partial charge in [-0.05, 0) is 38.9 Å². The summed E-state index contributed by atoms with van der Waals surface area (Å²) >= 11 is 0. The van der Waals surface area contributed by atoms with Gasteiger partial charge in [-0.3, -0.25) is 9.78 Å². The summed E-state index contributed by atoms with van der Waals surface area (Å²) in [6.07, 6.45) is 6.02. The average Bonchev–Trinajstić information content (AvgIpc) is 2.95. The highest BCUT2D eigenvalue weighted by Crippen LogP contribution is 2.20. The molecule has 0 aromatic carbocycles. The Morgan fingerprint density at radius 1 is 1.33 bits per heavy atom. The van der Waals surface area contributed by atoms with Crippen molar-refractivity contribution in [2.45, 2.75) is 32.4 Å². The van der Waals surface area contributed by atoms with Crippen LogP contribution < -0.4 is 11.1 Å². The minimum absolute atomic E-state index is 0.238. The standard InChI is InChI=1S/C15H21N5O/c1-15(2,20-10-9-19-14(20)13(16)21)6-8-17-11-12-5-3-4-7-18-12/h3-5,7,9-10,17H,6,8,11H2,1-2H3,(H2,16,21). The fourth-order valence-electron chi connectivity index (χ4n) is 2.21. The van der Waals surface area contributed by atoms with Crippen molar-refractivity contribution in [3.63, 3.8) is 0 Å². The molecule has 0 saturated carbocycles. The first kappa shape index (κ1) is 15.2. The summed E-state index contributed by atoms with van der Waals surface area (Å²) in [5.74, 6) is -0.209. The number of hydrogen-bond donors (Lipinski definition) is 2. The van der Waals surface area contributed by atoms with Crippen LogP contribution in [0.1, 0.15) is 36.6 Å². The van der Waals surface area contributed by atoms with Gasteiger partial charge in [-0.1, -0.05) is 6.07 Å². The van der Waals surface area contributed by atoms with E-state index in [0.717, 1.165) is 25.2 Å². The minimum Gasteiger partial charge on any atom is -0.363 e. The van der Waals surface area contributed by atoms with E-state index in [2.05, 4.69) is 29.1 Å². The fraction of sp³-hybridized carbons (Fsp3) is 0.400. The summed E-state index contributed by atoms with van der Waals surface area (Å²) < 4.78 is 1.83. The third-order valence-electron chi connectivity index (χ3n) is 3.46. The molecule has 2 heterocycles. The molecule has 0 aliphatic carbocycles. The van der Waals surface area contributed by atoms with Crippen molar-refractivity contribution >= 4 is 5.91 Å². The first-order valence-corrected chi connectivity index (χ1v) is 6.95. The van der Waals surface area contributed by atoms with Crippen LogP contribution in [-0.4, -0.2) is 27.0 Å². The zero-order chi connectivity index (χ0) is 15.3. The van der Waals surface area contributed by atoms with Crippen LogP contribution in [0.25, 0.3) is 0 Å². The van der Waals surface area contributed by atoms with E-state index < -0.39 is 5.91 Å². The van der Waals surface area contributed by atoms with E-state index in [0.29, 0.717) is 5.82 Å². The number of nitrogens with zero attached hydrogens (tertiary/aromatic N) is 3. The Balaban J connectivity index is 1.89. The molecule has 6 nitrogen and oxygen atoms in total. The van der Waals surface area contributed by atoms with Gasteiger partial charge in [0.1, 0.15) is 0 Å². The quantitative estimate of drug-likeness (QED) is 0.751. The number of hydrogen-bond acceptors (Lipinski definition) is 4. The van der Waals surface area contributed by atoms with Gasteiger partial charge in [0.2, 0.25) is 0 Å². The topological polar surface area (TPSA) is 85.8 Å². The zero-order valence-corrected chi connectivity index (χ0v) is 12.4. The van der Waals surface area contributed by atoms with E-state index in [-0.39, 0.29) is 5.54 Å². The second-order valence-corrected chi connectivity index (χ2v) is 5.55. The van der Waals surface area contributed by atoms with Crippen LogP contribution in [0.4, 0.5) is 0 Å². The second-order valence-electron chi connectivity index (χ2n) is 5.55. The van der Waals surface area contributed by atoms with Crippen LogP contribution >= 0.6 is 0 Å². The Labute approximate surface area is 124 Å². The SMILES string of the molecule is CC(C)(CCNCc1ccccn1)n1ccnc1C(N)=O. The highest BCUT2D eigenvalue weighted by atomic mass is 16.1. The van der Waals surface area contributed by atoms with Gasteiger partial charge >= 0.3 is 0 Å². The molecule has 6 heteroatoms. The summed E-state index contributed by atoms with van der Waals surface area (Å²) in [4.78, 5) is 19.6. The molecule has 0 unspecified atom stereocenters. The number of pyridine rings is 1. The maximum Gasteiger partial charge on any atom is 0.284 e. The second kappa shape index (κ2) is 6.49. The van der Waals surface area contributed by atoms with Gasteiger partial charge in [0, 0.05) is 30.7 Å². The van der Waals surface area contributed by atoms with Crippen LogP contribution in [0.2, 0.25) is 0 Å². The van der Waals surface area contributed by atoms with Gasteiger partial charge < -0.3 is 15.6 Å². The number of nitrogens with one attached hydrogen (secondary N) is 1. The molecule has 0 spiro atoms. The number of carbonyl (C=O) groups excluding carboxylic acids is 1. The third kappa shape index (κ3) is 3.88. The Bertz CT molecular complexity index is 591. The maximum atomic E-state index is 11.4. The summed E-state index contributed by atoms with van der Waals surface area (Å²) in [5.41, 5.74) is 6.11. The molecular weight excluding hydrogens is 266 g/mol. The molecule has 21 heavy (non-hydrogen) atoms. The Morgan fingerprint density at radius 2 is 2.14 bits per heavy atom. The van der Waals surface area contributed by atoms with Gasteiger partial charge in [0.15, 0.2) is 5.82 Å². The lowest BCUT2D eigenvalue weighted by molar-refractivity contribution is 0.0978. The molecule has 2 aromatic rings. The number of rotatable bonds is 7. The molecule has 0 radical (unpaired) electrons.